The molecule has 0 amide bonds. The molecule has 1 unspecified atom stereocenters. The summed E-state index contributed by atoms with van der Waals surface area (Å²) in [7, 11) is 0. The van der Waals surface area contributed by atoms with Crippen LogP contribution in [0.5, 0.6) is 0 Å². The van der Waals surface area contributed by atoms with Crippen molar-refractivity contribution in [3.8, 4) is 0 Å². The Hall–Kier alpha value is -0.120. The molecular formula is C9H18O3. The van der Waals surface area contributed by atoms with Gasteiger partial charge in [0.1, 0.15) is 0 Å². The van der Waals surface area contributed by atoms with Gasteiger partial charge in [-0.1, -0.05) is 0 Å². The number of aliphatic hydroxyl groups is 1. The van der Waals surface area contributed by atoms with Gasteiger partial charge in [-0.25, -0.2) is 0 Å². The number of hydrogen-bond acceptors (Lipinski definition) is 3. The summed E-state index contributed by atoms with van der Waals surface area (Å²) in [5, 5.41) is 9.58. The molecule has 3 heteroatoms. The first-order valence-electron chi connectivity index (χ1n) is 4.61. The van der Waals surface area contributed by atoms with Gasteiger partial charge in [0.05, 0.1) is 11.7 Å². The summed E-state index contributed by atoms with van der Waals surface area (Å²) < 4.78 is 10.8. The third kappa shape index (κ3) is 1.97. The molecule has 1 aliphatic rings. The molecule has 0 aromatic rings. The molecule has 0 radical (unpaired) electrons. The van der Waals surface area contributed by atoms with Crippen LogP contribution >= 0.6 is 0 Å². The molecule has 0 spiro atoms. The van der Waals surface area contributed by atoms with Gasteiger partial charge in [0.15, 0.2) is 0 Å². The number of ether oxygens (including phenoxy) is 2. The summed E-state index contributed by atoms with van der Waals surface area (Å²) >= 11 is 0. The zero-order valence-corrected chi connectivity index (χ0v) is 7.88. The zero-order valence-electron chi connectivity index (χ0n) is 7.88. The molecule has 72 valence electrons. The molecule has 3 nitrogen and oxygen atoms in total. The molecule has 1 saturated heterocycles. The van der Waals surface area contributed by atoms with Crippen LogP contribution in [0.3, 0.4) is 0 Å². The van der Waals surface area contributed by atoms with Crippen molar-refractivity contribution in [2.45, 2.75) is 38.4 Å². The van der Waals surface area contributed by atoms with E-state index < -0.39 is 6.10 Å². The molecule has 0 aromatic heterocycles. The Bertz CT molecular complexity index is 122. The van der Waals surface area contributed by atoms with E-state index in [0.29, 0.717) is 19.8 Å². The van der Waals surface area contributed by atoms with Crippen molar-refractivity contribution >= 4 is 0 Å². The summed E-state index contributed by atoms with van der Waals surface area (Å²) in [6, 6.07) is 0. The van der Waals surface area contributed by atoms with Crippen LogP contribution < -0.4 is 0 Å². The predicted octanol–water partition coefficient (Wildman–Crippen LogP) is 0.953. The molecule has 1 aliphatic heterocycles. The largest absolute Gasteiger partial charge is 0.390 e. The average molecular weight is 174 g/mol. The van der Waals surface area contributed by atoms with Gasteiger partial charge < -0.3 is 14.6 Å². The van der Waals surface area contributed by atoms with E-state index in [4.69, 9.17) is 9.47 Å². The van der Waals surface area contributed by atoms with Crippen LogP contribution in [-0.2, 0) is 9.47 Å². The second kappa shape index (κ2) is 4.21. The predicted molar refractivity (Wildman–Crippen MR) is 46.1 cm³/mol. The maximum atomic E-state index is 9.58. The second-order valence-electron chi connectivity index (χ2n) is 3.29. The highest BCUT2D eigenvalue weighted by atomic mass is 16.5. The Kier molecular flexibility index (Phi) is 3.50. The minimum absolute atomic E-state index is 0.340. The van der Waals surface area contributed by atoms with Crippen molar-refractivity contribution in [3.05, 3.63) is 0 Å². The van der Waals surface area contributed by atoms with Crippen LogP contribution in [0, 0.1) is 0 Å². The topological polar surface area (TPSA) is 38.7 Å². The van der Waals surface area contributed by atoms with E-state index in [1.165, 1.54) is 0 Å². The SMILES string of the molecule is CCOC1(C(C)O)CCOCC1. The molecule has 1 atom stereocenters. The number of aliphatic hydroxyl groups excluding tert-OH is 1. The molecule has 0 aromatic carbocycles. The highest BCUT2D eigenvalue weighted by Crippen LogP contribution is 2.28. The summed E-state index contributed by atoms with van der Waals surface area (Å²) in [6.07, 6.45) is 1.21. The van der Waals surface area contributed by atoms with Crippen molar-refractivity contribution in [1.82, 2.24) is 0 Å². The van der Waals surface area contributed by atoms with Gasteiger partial charge in [0.25, 0.3) is 0 Å². The molecule has 1 rings (SSSR count). The first kappa shape index (κ1) is 9.96. The first-order valence-corrected chi connectivity index (χ1v) is 4.61. The van der Waals surface area contributed by atoms with Crippen molar-refractivity contribution < 1.29 is 14.6 Å². The van der Waals surface area contributed by atoms with E-state index in [9.17, 15) is 5.11 Å². The average Bonchev–Trinajstić information content (AvgIpc) is 2.06. The monoisotopic (exact) mass is 174 g/mol. The van der Waals surface area contributed by atoms with Crippen molar-refractivity contribution in [2.75, 3.05) is 19.8 Å². The lowest BCUT2D eigenvalue weighted by Crippen LogP contribution is -2.47. The number of rotatable bonds is 3. The van der Waals surface area contributed by atoms with E-state index in [2.05, 4.69) is 0 Å². The fourth-order valence-electron chi connectivity index (χ4n) is 1.69. The lowest BCUT2D eigenvalue weighted by Gasteiger charge is -2.39. The lowest BCUT2D eigenvalue weighted by atomic mass is 9.89. The molecule has 0 bridgehead atoms. The van der Waals surface area contributed by atoms with Gasteiger partial charge in [-0.2, -0.15) is 0 Å². The van der Waals surface area contributed by atoms with Gasteiger partial charge in [0, 0.05) is 32.7 Å². The van der Waals surface area contributed by atoms with E-state index >= 15 is 0 Å². The normalized spacial score (nSPS) is 25.2. The van der Waals surface area contributed by atoms with Gasteiger partial charge in [0.2, 0.25) is 0 Å². The number of hydrogen-bond donors (Lipinski definition) is 1. The Labute approximate surface area is 73.7 Å². The highest BCUT2D eigenvalue weighted by molar-refractivity contribution is 4.88. The standard InChI is InChI=1S/C9H18O3/c1-3-12-9(8(2)10)4-6-11-7-5-9/h8,10H,3-7H2,1-2H3. The zero-order chi connectivity index (χ0) is 9.03. The minimum Gasteiger partial charge on any atom is -0.390 e. The van der Waals surface area contributed by atoms with Crippen LogP contribution in [0.2, 0.25) is 0 Å². The summed E-state index contributed by atoms with van der Waals surface area (Å²) in [6.45, 7) is 5.81. The summed E-state index contributed by atoms with van der Waals surface area (Å²) in [5.41, 5.74) is -0.340. The lowest BCUT2D eigenvalue weighted by molar-refractivity contribution is -0.160. The molecular weight excluding hydrogens is 156 g/mol. The molecule has 12 heavy (non-hydrogen) atoms. The maximum absolute atomic E-state index is 9.58. The fourth-order valence-corrected chi connectivity index (χ4v) is 1.69. The molecule has 0 saturated carbocycles. The first-order chi connectivity index (χ1) is 5.71. The van der Waals surface area contributed by atoms with Crippen molar-refractivity contribution in [3.63, 3.8) is 0 Å². The van der Waals surface area contributed by atoms with Crippen LogP contribution in [-0.4, -0.2) is 36.6 Å². The maximum Gasteiger partial charge on any atom is 0.0980 e. The van der Waals surface area contributed by atoms with E-state index in [-0.39, 0.29) is 5.60 Å². The van der Waals surface area contributed by atoms with Crippen LogP contribution in [0.25, 0.3) is 0 Å². The molecule has 1 N–H and O–H groups in total. The Morgan fingerprint density at radius 1 is 1.50 bits per heavy atom. The highest BCUT2D eigenvalue weighted by Gasteiger charge is 2.37. The Balaban J connectivity index is 2.56. The van der Waals surface area contributed by atoms with E-state index in [0.717, 1.165) is 12.8 Å². The Morgan fingerprint density at radius 2 is 2.08 bits per heavy atom. The van der Waals surface area contributed by atoms with Crippen LogP contribution in [0.4, 0.5) is 0 Å². The van der Waals surface area contributed by atoms with Gasteiger partial charge >= 0.3 is 0 Å². The van der Waals surface area contributed by atoms with Gasteiger partial charge in [-0.15, -0.1) is 0 Å². The van der Waals surface area contributed by atoms with Gasteiger partial charge in [-0.05, 0) is 13.8 Å². The van der Waals surface area contributed by atoms with E-state index in [1.807, 2.05) is 6.92 Å². The fraction of sp³-hybridized carbons (Fsp3) is 1.00. The quantitative estimate of drug-likeness (QED) is 0.692. The third-order valence-corrected chi connectivity index (χ3v) is 2.53. The third-order valence-electron chi connectivity index (χ3n) is 2.53. The molecule has 1 fully saturated rings. The van der Waals surface area contributed by atoms with Crippen LogP contribution in [0.1, 0.15) is 26.7 Å². The summed E-state index contributed by atoms with van der Waals surface area (Å²) in [5.74, 6) is 0. The molecule has 1 heterocycles. The smallest absolute Gasteiger partial charge is 0.0980 e. The Morgan fingerprint density at radius 3 is 2.50 bits per heavy atom. The minimum atomic E-state index is -0.402. The van der Waals surface area contributed by atoms with E-state index in [1.54, 1.807) is 6.92 Å². The summed E-state index contributed by atoms with van der Waals surface area (Å²) in [4.78, 5) is 0. The van der Waals surface area contributed by atoms with Crippen LogP contribution in [0.15, 0.2) is 0 Å². The van der Waals surface area contributed by atoms with Crippen molar-refractivity contribution in [2.24, 2.45) is 0 Å². The molecule has 0 aliphatic carbocycles. The second-order valence-corrected chi connectivity index (χ2v) is 3.29. The van der Waals surface area contributed by atoms with Crippen molar-refractivity contribution in [1.29, 1.82) is 0 Å². The van der Waals surface area contributed by atoms with Gasteiger partial charge in [-0.3, -0.25) is 0 Å².